The van der Waals surface area contributed by atoms with E-state index in [0.29, 0.717) is 12.5 Å². The van der Waals surface area contributed by atoms with Crippen molar-refractivity contribution in [2.45, 2.75) is 32.7 Å². The summed E-state index contributed by atoms with van der Waals surface area (Å²) in [5, 5.41) is 9.11. The topological polar surface area (TPSA) is 68.3 Å². The molecule has 25 heavy (non-hydrogen) atoms. The fourth-order valence-corrected chi connectivity index (χ4v) is 3.07. The first-order valence-corrected chi connectivity index (χ1v) is 8.54. The average molecular weight is 338 g/mol. The second-order valence-electron chi connectivity index (χ2n) is 7.68. The van der Waals surface area contributed by atoms with Gasteiger partial charge in [-0.15, -0.1) is 5.10 Å². The van der Waals surface area contributed by atoms with Crippen molar-refractivity contribution in [3.8, 4) is 0 Å². The summed E-state index contributed by atoms with van der Waals surface area (Å²) < 4.78 is 3.39. The standard InChI is InChI=1S/C18H22N6O/c1-18(2,3)14-4-7-17(25)24(20-14)12-13-10-22(11-13)16-6-5-15-19-8-9-23(15)21-16/h4-9,13H,10-12H2,1-3H3. The molecular weight excluding hydrogens is 316 g/mol. The molecular formula is C18H22N6O. The van der Waals surface area contributed by atoms with E-state index in [2.05, 4.69) is 40.9 Å². The number of hydrogen-bond donors (Lipinski definition) is 0. The van der Waals surface area contributed by atoms with Crippen LogP contribution in [0.4, 0.5) is 5.82 Å². The maximum atomic E-state index is 12.1. The quantitative estimate of drug-likeness (QED) is 0.727. The van der Waals surface area contributed by atoms with E-state index in [1.807, 2.05) is 24.4 Å². The van der Waals surface area contributed by atoms with Crippen LogP contribution in [0.25, 0.3) is 5.65 Å². The molecule has 0 amide bonds. The summed E-state index contributed by atoms with van der Waals surface area (Å²) in [6.07, 6.45) is 3.59. The van der Waals surface area contributed by atoms with Gasteiger partial charge >= 0.3 is 0 Å². The van der Waals surface area contributed by atoms with Crippen LogP contribution in [0, 0.1) is 5.92 Å². The number of rotatable bonds is 3. The maximum Gasteiger partial charge on any atom is 0.266 e. The number of aromatic nitrogens is 5. The normalized spacial score (nSPS) is 15.6. The molecule has 0 atom stereocenters. The van der Waals surface area contributed by atoms with Crippen LogP contribution in [0.15, 0.2) is 41.5 Å². The minimum Gasteiger partial charge on any atom is -0.354 e. The highest BCUT2D eigenvalue weighted by molar-refractivity contribution is 5.47. The molecule has 0 aromatic carbocycles. The highest BCUT2D eigenvalue weighted by atomic mass is 16.1. The molecule has 0 N–H and O–H groups in total. The monoisotopic (exact) mass is 338 g/mol. The van der Waals surface area contributed by atoms with Crippen molar-refractivity contribution in [1.29, 1.82) is 0 Å². The fraction of sp³-hybridized carbons (Fsp3) is 0.444. The third kappa shape index (κ3) is 3.01. The molecule has 0 aliphatic carbocycles. The summed E-state index contributed by atoms with van der Waals surface area (Å²) in [6, 6.07) is 7.41. The van der Waals surface area contributed by atoms with E-state index in [1.54, 1.807) is 21.5 Å². The van der Waals surface area contributed by atoms with Gasteiger partial charge in [0.15, 0.2) is 5.65 Å². The molecule has 1 fully saturated rings. The molecule has 0 saturated carbocycles. The molecule has 0 radical (unpaired) electrons. The molecule has 130 valence electrons. The van der Waals surface area contributed by atoms with Gasteiger partial charge in [0.2, 0.25) is 0 Å². The van der Waals surface area contributed by atoms with Gasteiger partial charge in [0, 0.05) is 42.9 Å². The lowest BCUT2D eigenvalue weighted by atomic mass is 9.92. The Morgan fingerprint density at radius 3 is 2.68 bits per heavy atom. The van der Waals surface area contributed by atoms with Gasteiger partial charge in [-0.1, -0.05) is 20.8 Å². The summed E-state index contributed by atoms with van der Waals surface area (Å²) in [4.78, 5) is 18.5. The fourth-order valence-electron chi connectivity index (χ4n) is 3.07. The molecule has 7 nitrogen and oxygen atoms in total. The summed E-state index contributed by atoms with van der Waals surface area (Å²) >= 11 is 0. The predicted octanol–water partition coefficient (Wildman–Crippen LogP) is 1.72. The third-order valence-corrected chi connectivity index (χ3v) is 4.59. The Morgan fingerprint density at radius 1 is 1.12 bits per heavy atom. The van der Waals surface area contributed by atoms with E-state index in [0.717, 1.165) is 30.2 Å². The molecule has 0 bridgehead atoms. The zero-order valence-electron chi connectivity index (χ0n) is 14.8. The number of anilines is 1. The summed E-state index contributed by atoms with van der Waals surface area (Å²) in [6.45, 7) is 8.71. The van der Waals surface area contributed by atoms with Gasteiger partial charge in [0.25, 0.3) is 5.56 Å². The summed E-state index contributed by atoms with van der Waals surface area (Å²) in [7, 11) is 0. The first kappa shape index (κ1) is 15.8. The van der Waals surface area contributed by atoms with E-state index < -0.39 is 0 Å². The maximum absolute atomic E-state index is 12.1. The SMILES string of the molecule is CC(C)(C)c1ccc(=O)n(CC2CN(c3ccc4nccn4n3)C2)n1. The lowest BCUT2D eigenvalue weighted by molar-refractivity contribution is 0.327. The number of hydrogen-bond acceptors (Lipinski definition) is 5. The van der Waals surface area contributed by atoms with Crippen LogP contribution in [-0.4, -0.2) is 37.5 Å². The minimum atomic E-state index is -0.0643. The van der Waals surface area contributed by atoms with Gasteiger partial charge in [0.05, 0.1) is 12.2 Å². The summed E-state index contributed by atoms with van der Waals surface area (Å²) in [5.41, 5.74) is 1.68. The molecule has 7 heteroatoms. The number of imidazole rings is 1. The van der Waals surface area contributed by atoms with Crippen molar-refractivity contribution in [3.63, 3.8) is 0 Å². The van der Waals surface area contributed by atoms with Crippen molar-refractivity contribution < 1.29 is 0 Å². The first-order chi connectivity index (χ1) is 11.9. The van der Waals surface area contributed by atoms with Crippen LogP contribution < -0.4 is 10.5 Å². The van der Waals surface area contributed by atoms with E-state index in [-0.39, 0.29) is 11.0 Å². The van der Waals surface area contributed by atoms with Crippen molar-refractivity contribution in [3.05, 3.63) is 52.7 Å². The molecule has 3 aromatic heterocycles. The first-order valence-electron chi connectivity index (χ1n) is 8.54. The average Bonchev–Trinajstić information content (AvgIpc) is 2.98. The third-order valence-electron chi connectivity index (χ3n) is 4.59. The van der Waals surface area contributed by atoms with E-state index in [1.165, 1.54) is 0 Å². The van der Waals surface area contributed by atoms with Crippen molar-refractivity contribution in [1.82, 2.24) is 24.4 Å². The second kappa shape index (κ2) is 5.68. The predicted molar refractivity (Wildman–Crippen MR) is 95.9 cm³/mol. The van der Waals surface area contributed by atoms with Gasteiger partial charge in [-0.25, -0.2) is 14.2 Å². The largest absolute Gasteiger partial charge is 0.354 e. The van der Waals surface area contributed by atoms with Gasteiger partial charge in [-0.3, -0.25) is 4.79 Å². The Kier molecular flexibility index (Phi) is 3.59. The molecule has 1 saturated heterocycles. The van der Waals surface area contributed by atoms with Crippen LogP contribution in [0.2, 0.25) is 0 Å². The Bertz CT molecular complexity index is 961. The van der Waals surface area contributed by atoms with E-state index in [4.69, 9.17) is 0 Å². The highest BCUT2D eigenvalue weighted by Crippen LogP contribution is 2.24. The number of fused-ring (bicyclic) bond motifs is 1. The van der Waals surface area contributed by atoms with Crippen LogP contribution in [-0.2, 0) is 12.0 Å². The molecule has 3 aromatic rings. The Balaban J connectivity index is 1.45. The molecule has 4 rings (SSSR count). The number of nitrogens with zero attached hydrogens (tertiary/aromatic N) is 6. The Hall–Kier alpha value is -2.70. The minimum absolute atomic E-state index is 0.0376. The van der Waals surface area contributed by atoms with Gasteiger partial charge in [-0.2, -0.15) is 5.10 Å². The second-order valence-corrected chi connectivity index (χ2v) is 7.68. The van der Waals surface area contributed by atoms with Crippen molar-refractivity contribution >= 4 is 11.5 Å². The zero-order valence-corrected chi connectivity index (χ0v) is 14.8. The van der Waals surface area contributed by atoms with E-state index in [9.17, 15) is 4.79 Å². The van der Waals surface area contributed by atoms with Crippen LogP contribution >= 0.6 is 0 Å². The Morgan fingerprint density at radius 2 is 1.92 bits per heavy atom. The molecule has 0 unspecified atom stereocenters. The Labute approximate surface area is 145 Å². The van der Waals surface area contributed by atoms with Gasteiger partial charge in [0.1, 0.15) is 5.82 Å². The molecule has 1 aliphatic rings. The molecule has 4 heterocycles. The van der Waals surface area contributed by atoms with Crippen molar-refractivity contribution in [2.24, 2.45) is 5.92 Å². The van der Waals surface area contributed by atoms with Crippen molar-refractivity contribution in [2.75, 3.05) is 18.0 Å². The smallest absolute Gasteiger partial charge is 0.266 e. The summed E-state index contributed by atoms with van der Waals surface area (Å²) in [5.74, 6) is 1.34. The van der Waals surface area contributed by atoms with E-state index >= 15 is 0 Å². The molecule has 1 aliphatic heterocycles. The van der Waals surface area contributed by atoms with Gasteiger partial charge in [-0.05, 0) is 18.2 Å². The van der Waals surface area contributed by atoms with Crippen LogP contribution in [0.1, 0.15) is 26.5 Å². The van der Waals surface area contributed by atoms with Crippen LogP contribution in [0.3, 0.4) is 0 Å². The lowest BCUT2D eigenvalue weighted by Gasteiger charge is -2.40. The highest BCUT2D eigenvalue weighted by Gasteiger charge is 2.29. The molecule has 0 spiro atoms. The lowest BCUT2D eigenvalue weighted by Crippen LogP contribution is -2.50. The van der Waals surface area contributed by atoms with Crippen LogP contribution in [0.5, 0.6) is 0 Å². The van der Waals surface area contributed by atoms with Gasteiger partial charge < -0.3 is 4.90 Å². The zero-order chi connectivity index (χ0) is 17.6.